The number of halogens is 3. The molecule has 5 nitrogen and oxygen atoms in total. The normalized spacial score (nSPS) is 10.4. The molecule has 0 aliphatic carbocycles. The van der Waals surface area contributed by atoms with E-state index in [0.717, 1.165) is 12.1 Å². The molecular weight excluding hydrogens is 378 g/mol. The van der Waals surface area contributed by atoms with Crippen LogP contribution >= 0.6 is 11.6 Å². The van der Waals surface area contributed by atoms with Gasteiger partial charge in [0.1, 0.15) is 5.75 Å². The van der Waals surface area contributed by atoms with Crippen LogP contribution in [0.15, 0.2) is 36.4 Å². The smallest absolute Gasteiger partial charge is 0.260 e. The topological polar surface area (TPSA) is 58.6 Å². The lowest BCUT2D eigenvalue weighted by Gasteiger charge is -2.19. The SMILES string of the molecule is CCN(CC)C(=O)COc1ccc(NC(=O)c2ccc(F)c(F)c2)cc1Cl. The zero-order chi connectivity index (χ0) is 20.0. The van der Waals surface area contributed by atoms with E-state index in [9.17, 15) is 18.4 Å². The standard InChI is InChI=1S/C19H19ClF2N2O3/c1-3-24(4-2)18(25)11-27-17-8-6-13(10-14(17)20)23-19(26)12-5-7-15(21)16(22)9-12/h5-10H,3-4,11H2,1-2H3,(H,23,26). The molecule has 2 amide bonds. The molecule has 0 radical (unpaired) electrons. The number of likely N-dealkylation sites (N-methyl/N-ethyl adjacent to an activating group) is 1. The number of ether oxygens (including phenoxy) is 1. The van der Waals surface area contributed by atoms with Crippen LogP contribution < -0.4 is 10.1 Å². The number of hydrogen-bond donors (Lipinski definition) is 1. The largest absolute Gasteiger partial charge is 0.482 e. The highest BCUT2D eigenvalue weighted by Gasteiger charge is 2.13. The first-order valence-electron chi connectivity index (χ1n) is 8.32. The molecule has 2 aromatic rings. The summed E-state index contributed by atoms with van der Waals surface area (Å²) in [6.07, 6.45) is 0. The van der Waals surface area contributed by atoms with E-state index in [2.05, 4.69) is 5.32 Å². The molecule has 0 unspecified atom stereocenters. The van der Waals surface area contributed by atoms with Gasteiger partial charge >= 0.3 is 0 Å². The van der Waals surface area contributed by atoms with Gasteiger partial charge in [-0.1, -0.05) is 11.6 Å². The first-order chi connectivity index (χ1) is 12.8. The molecule has 0 atom stereocenters. The summed E-state index contributed by atoms with van der Waals surface area (Å²) in [5.41, 5.74) is 0.312. The first kappa shape index (κ1) is 20.6. The summed E-state index contributed by atoms with van der Waals surface area (Å²) >= 11 is 6.12. The molecule has 0 fully saturated rings. The van der Waals surface area contributed by atoms with Gasteiger partial charge in [-0.05, 0) is 50.2 Å². The van der Waals surface area contributed by atoms with Crippen molar-refractivity contribution in [2.45, 2.75) is 13.8 Å². The third kappa shape index (κ3) is 5.40. The van der Waals surface area contributed by atoms with Crippen molar-refractivity contribution in [1.29, 1.82) is 0 Å². The summed E-state index contributed by atoms with van der Waals surface area (Å²) in [5, 5.41) is 2.73. The van der Waals surface area contributed by atoms with Gasteiger partial charge in [0, 0.05) is 24.3 Å². The lowest BCUT2D eigenvalue weighted by molar-refractivity contribution is -0.132. The predicted octanol–water partition coefficient (Wildman–Crippen LogP) is 4.12. The highest BCUT2D eigenvalue weighted by molar-refractivity contribution is 6.32. The zero-order valence-electron chi connectivity index (χ0n) is 14.9. The minimum Gasteiger partial charge on any atom is -0.482 e. The molecule has 0 aromatic heterocycles. The van der Waals surface area contributed by atoms with E-state index in [1.165, 1.54) is 24.3 Å². The molecule has 1 N–H and O–H groups in total. The van der Waals surface area contributed by atoms with Crippen LogP contribution in [0.1, 0.15) is 24.2 Å². The Hall–Kier alpha value is -2.67. The van der Waals surface area contributed by atoms with Crippen LogP contribution in [-0.4, -0.2) is 36.4 Å². The zero-order valence-corrected chi connectivity index (χ0v) is 15.6. The molecular formula is C19H19ClF2N2O3. The minimum absolute atomic E-state index is 0.0323. The Morgan fingerprint density at radius 1 is 1.07 bits per heavy atom. The van der Waals surface area contributed by atoms with Gasteiger partial charge in [-0.25, -0.2) is 8.78 Å². The Morgan fingerprint density at radius 3 is 2.37 bits per heavy atom. The maximum atomic E-state index is 13.2. The van der Waals surface area contributed by atoms with Crippen molar-refractivity contribution in [2.24, 2.45) is 0 Å². The molecule has 0 heterocycles. The van der Waals surface area contributed by atoms with Crippen molar-refractivity contribution in [2.75, 3.05) is 25.0 Å². The molecule has 2 aromatic carbocycles. The number of nitrogens with zero attached hydrogens (tertiary/aromatic N) is 1. The van der Waals surface area contributed by atoms with E-state index in [1.807, 2.05) is 13.8 Å². The number of carbonyl (C=O) groups is 2. The van der Waals surface area contributed by atoms with Gasteiger partial charge in [0.05, 0.1) is 5.02 Å². The molecule has 0 aliphatic rings. The van der Waals surface area contributed by atoms with Crippen LogP contribution in [0, 0.1) is 11.6 Å². The Kier molecular flexibility index (Phi) is 7.12. The van der Waals surface area contributed by atoms with Crippen LogP contribution in [0.5, 0.6) is 5.75 Å². The predicted molar refractivity (Wildman–Crippen MR) is 99.2 cm³/mol. The average Bonchev–Trinajstić information content (AvgIpc) is 2.64. The molecule has 0 saturated heterocycles. The maximum Gasteiger partial charge on any atom is 0.260 e. The summed E-state index contributed by atoms with van der Waals surface area (Å²) < 4.78 is 31.6. The number of carbonyl (C=O) groups excluding carboxylic acids is 2. The number of benzene rings is 2. The fraction of sp³-hybridized carbons (Fsp3) is 0.263. The summed E-state index contributed by atoms with van der Waals surface area (Å²) in [6, 6.07) is 7.34. The quantitative estimate of drug-likeness (QED) is 0.766. The van der Waals surface area contributed by atoms with Crippen molar-refractivity contribution in [3.05, 3.63) is 58.6 Å². The molecule has 0 saturated carbocycles. The first-order valence-corrected chi connectivity index (χ1v) is 8.70. The second-order valence-electron chi connectivity index (χ2n) is 5.58. The molecule has 0 bridgehead atoms. The van der Waals surface area contributed by atoms with Gasteiger partial charge < -0.3 is 15.0 Å². The highest BCUT2D eigenvalue weighted by Crippen LogP contribution is 2.28. The average molecular weight is 397 g/mol. The summed E-state index contributed by atoms with van der Waals surface area (Å²) in [6.45, 7) is 4.77. The van der Waals surface area contributed by atoms with E-state index < -0.39 is 17.5 Å². The van der Waals surface area contributed by atoms with Crippen molar-refractivity contribution in [1.82, 2.24) is 4.90 Å². The molecule has 0 aliphatic heterocycles. The van der Waals surface area contributed by atoms with Crippen LogP contribution in [0.3, 0.4) is 0 Å². The van der Waals surface area contributed by atoms with Crippen molar-refractivity contribution >= 4 is 29.1 Å². The number of anilines is 1. The Balaban J connectivity index is 2.02. The van der Waals surface area contributed by atoms with Crippen molar-refractivity contribution < 1.29 is 23.1 Å². The van der Waals surface area contributed by atoms with Crippen molar-refractivity contribution in [3.8, 4) is 5.75 Å². The van der Waals surface area contributed by atoms with Gasteiger partial charge in [0.2, 0.25) is 0 Å². The van der Waals surface area contributed by atoms with E-state index in [0.29, 0.717) is 24.5 Å². The number of amides is 2. The monoisotopic (exact) mass is 396 g/mol. The van der Waals surface area contributed by atoms with Gasteiger partial charge in [0.15, 0.2) is 18.2 Å². The number of nitrogens with one attached hydrogen (secondary N) is 1. The fourth-order valence-electron chi connectivity index (χ4n) is 2.34. The van der Waals surface area contributed by atoms with Crippen LogP contribution in [-0.2, 0) is 4.79 Å². The van der Waals surface area contributed by atoms with E-state index in [4.69, 9.17) is 16.3 Å². The molecule has 0 spiro atoms. The maximum absolute atomic E-state index is 13.2. The fourth-order valence-corrected chi connectivity index (χ4v) is 2.58. The van der Waals surface area contributed by atoms with Gasteiger partial charge in [-0.3, -0.25) is 9.59 Å². The van der Waals surface area contributed by atoms with Gasteiger partial charge in [-0.2, -0.15) is 0 Å². The third-order valence-electron chi connectivity index (χ3n) is 3.84. The van der Waals surface area contributed by atoms with E-state index in [1.54, 1.807) is 4.90 Å². The number of rotatable bonds is 7. The molecule has 144 valence electrons. The molecule has 2 rings (SSSR count). The van der Waals surface area contributed by atoms with Crippen LogP contribution in [0.2, 0.25) is 5.02 Å². The number of hydrogen-bond acceptors (Lipinski definition) is 3. The lowest BCUT2D eigenvalue weighted by atomic mass is 10.2. The molecule has 8 heteroatoms. The molecule has 27 heavy (non-hydrogen) atoms. The summed E-state index contributed by atoms with van der Waals surface area (Å²) in [7, 11) is 0. The highest BCUT2D eigenvalue weighted by atomic mass is 35.5. The Morgan fingerprint density at radius 2 is 1.78 bits per heavy atom. The van der Waals surface area contributed by atoms with Gasteiger partial charge in [-0.15, -0.1) is 0 Å². The Labute approximate surface area is 160 Å². The lowest BCUT2D eigenvalue weighted by Crippen LogP contribution is -2.34. The van der Waals surface area contributed by atoms with Crippen LogP contribution in [0.25, 0.3) is 0 Å². The minimum atomic E-state index is -1.11. The Bertz CT molecular complexity index is 842. The second-order valence-corrected chi connectivity index (χ2v) is 5.99. The second kappa shape index (κ2) is 9.32. The van der Waals surface area contributed by atoms with E-state index in [-0.39, 0.29) is 23.1 Å². The van der Waals surface area contributed by atoms with Crippen molar-refractivity contribution in [3.63, 3.8) is 0 Å². The van der Waals surface area contributed by atoms with E-state index >= 15 is 0 Å². The summed E-state index contributed by atoms with van der Waals surface area (Å²) in [4.78, 5) is 25.7. The van der Waals surface area contributed by atoms with Gasteiger partial charge in [0.25, 0.3) is 11.8 Å². The summed E-state index contributed by atoms with van der Waals surface area (Å²) in [5.74, 6) is -2.62. The van der Waals surface area contributed by atoms with Crippen LogP contribution in [0.4, 0.5) is 14.5 Å². The third-order valence-corrected chi connectivity index (χ3v) is 4.13.